The first-order valence-corrected chi connectivity index (χ1v) is 2.68. The maximum Gasteiger partial charge on any atom is 0.185 e. The molecule has 0 bridgehead atoms. The summed E-state index contributed by atoms with van der Waals surface area (Å²) in [6.45, 7) is 0. The van der Waals surface area contributed by atoms with Gasteiger partial charge in [0.25, 0.3) is 0 Å². The molecule has 1 aliphatic rings. The second kappa shape index (κ2) is 2.09. The highest BCUT2D eigenvalue weighted by atomic mass is 32.1. The van der Waals surface area contributed by atoms with Crippen LogP contribution in [-0.2, 0) is 0 Å². The molecule has 43 valence electrons. The van der Waals surface area contributed by atoms with Gasteiger partial charge in [0, 0.05) is 6.20 Å². The van der Waals surface area contributed by atoms with Gasteiger partial charge in [0.15, 0.2) is 5.50 Å². The van der Waals surface area contributed by atoms with Gasteiger partial charge in [-0.1, -0.05) is 0 Å². The lowest BCUT2D eigenvalue weighted by Crippen LogP contribution is -2.20. The predicted molar refractivity (Wildman–Crippen MR) is 35.7 cm³/mol. The zero-order valence-corrected chi connectivity index (χ0v) is 5.05. The molecule has 1 atom stereocenters. The highest BCUT2D eigenvalue weighted by Gasteiger charge is 2.01. The molecule has 0 fully saturated rings. The fraction of sp³-hybridized carbons (Fsp3) is 0.250. The van der Waals surface area contributed by atoms with Gasteiger partial charge in [0.1, 0.15) is 5.84 Å². The van der Waals surface area contributed by atoms with Gasteiger partial charge < -0.3 is 5.73 Å². The van der Waals surface area contributed by atoms with Gasteiger partial charge in [-0.25, -0.2) is 4.99 Å². The van der Waals surface area contributed by atoms with Crippen molar-refractivity contribution < 1.29 is 0 Å². The van der Waals surface area contributed by atoms with Crippen LogP contribution < -0.4 is 11.1 Å². The van der Waals surface area contributed by atoms with Crippen molar-refractivity contribution in [3.8, 4) is 0 Å². The normalized spacial score (nSPS) is 26.6. The highest BCUT2D eigenvalue weighted by Crippen LogP contribution is 1.97. The zero-order valence-electron chi connectivity index (χ0n) is 4.15. The molecule has 0 aromatic rings. The van der Waals surface area contributed by atoms with Crippen LogP contribution in [0.5, 0.6) is 0 Å². The first-order valence-electron chi connectivity index (χ1n) is 2.17. The molecule has 0 saturated heterocycles. The molecule has 4 heteroatoms. The van der Waals surface area contributed by atoms with E-state index in [-0.39, 0.29) is 5.50 Å². The SMILES string of the molecule is NC1=NC(S)[N]C=C1. The van der Waals surface area contributed by atoms with Crippen LogP contribution in [-0.4, -0.2) is 11.3 Å². The number of amidine groups is 1. The minimum absolute atomic E-state index is 0.292. The van der Waals surface area contributed by atoms with E-state index in [9.17, 15) is 0 Å². The van der Waals surface area contributed by atoms with Crippen molar-refractivity contribution in [3.63, 3.8) is 0 Å². The average Bonchev–Trinajstić information content (AvgIpc) is 1.64. The van der Waals surface area contributed by atoms with Crippen LogP contribution in [0.3, 0.4) is 0 Å². The van der Waals surface area contributed by atoms with Crippen molar-refractivity contribution in [2.75, 3.05) is 0 Å². The van der Waals surface area contributed by atoms with Crippen molar-refractivity contribution in [2.24, 2.45) is 10.7 Å². The molecule has 1 rings (SSSR count). The van der Waals surface area contributed by atoms with E-state index >= 15 is 0 Å². The largest absolute Gasteiger partial charge is 0.384 e. The van der Waals surface area contributed by atoms with E-state index in [0.29, 0.717) is 5.84 Å². The van der Waals surface area contributed by atoms with E-state index in [2.05, 4.69) is 22.9 Å². The maximum absolute atomic E-state index is 5.28. The molecule has 3 nitrogen and oxygen atoms in total. The van der Waals surface area contributed by atoms with Crippen molar-refractivity contribution in [3.05, 3.63) is 12.3 Å². The Hall–Kier alpha value is -0.640. The minimum Gasteiger partial charge on any atom is -0.384 e. The number of hydrogen-bond acceptors (Lipinski definition) is 3. The number of rotatable bonds is 0. The fourth-order valence-corrected chi connectivity index (χ4v) is 0.616. The Morgan fingerprint density at radius 1 is 1.75 bits per heavy atom. The van der Waals surface area contributed by atoms with Crippen molar-refractivity contribution in [1.82, 2.24) is 5.32 Å². The number of nitrogens with two attached hydrogens (primary N) is 1. The first kappa shape index (κ1) is 5.50. The van der Waals surface area contributed by atoms with Crippen LogP contribution in [0.1, 0.15) is 0 Å². The number of hydrogen-bond donors (Lipinski definition) is 2. The Labute approximate surface area is 53.1 Å². The molecule has 2 N–H and O–H groups in total. The summed E-state index contributed by atoms with van der Waals surface area (Å²) in [7, 11) is 0. The lowest BCUT2D eigenvalue weighted by atomic mass is 10.5. The van der Waals surface area contributed by atoms with Crippen molar-refractivity contribution >= 4 is 18.5 Å². The Morgan fingerprint density at radius 2 is 2.50 bits per heavy atom. The van der Waals surface area contributed by atoms with E-state index in [1.807, 2.05) is 0 Å². The third-order valence-electron chi connectivity index (χ3n) is 0.729. The number of aliphatic imine (C=N–C) groups is 1. The van der Waals surface area contributed by atoms with E-state index < -0.39 is 0 Å². The molecule has 0 aromatic heterocycles. The second-order valence-corrected chi connectivity index (χ2v) is 1.83. The second-order valence-electron chi connectivity index (χ2n) is 1.37. The monoisotopic (exact) mass is 128 g/mol. The zero-order chi connectivity index (χ0) is 5.98. The molecule has 0 spiro atoms. The average molecular weight is 128 g/mol. The van der Waals surface area contributed by atoms with Crippen molar-refractivity contribution in [1.29, 1.82) is 0 Å². The maximum atomic E-state index is 5.28. The molecule has 0 aromatic carbocycles. The first-order chi connectivity index (χ1) is 3.79. The highest BCUT2D eigenvalue weighted by molar-refractivity contribution is 7.80. The topological polar surface area (TPSA) is 52.5 Å². The van der Waals surface area contributed by atoms with Crippen LogP contribution in [0.25, 0.3) is 0 Å². The van der Waals surface area contributed by atoms with E-state index in [0.717, 1.165) is 0 Å². The molecule has 0 aliphatic carbocycles. The quantitative estimate of drug-likeness (QED) is 0.432. The molecular formula is C4H6N3S. The standard InChI is InChI=1S/C4H6N3S/c5-3-1-2-6-4(8)7-3/h1-2,4,8H,(H2,5,7). The van der Waals surface area contributed by atoms with E-state index in [4.69, 9.17) is 5.73 Å². The molecule has 1 aliphatic heterocycles. The smallest absolute Gasteiger partial charge is 0.185 e. The molecule has 0 saturated carbocycles. The Bertz CT molecular complexity index is 140. The van der Waals surface area contributed by atoms with Crippen molar-refractivity contribution in [2.45, 2.75) is 5.50 Å². The van der Waals surface area contributed by atoms with Gasteiger partial charge in [0.2, 0.25) is 0 Å². The van der Waals surface area contributed by atoms with E-state index in [1.54, 1.807) is 12.3 Å². The summed E-state index contributed by atoms with van der Waals surface area (Å²) in [6, 6.07) is 0. The molecular weight excluding hydrogens is 122 g/mol. The summed E-state index contributed by atoms with van der Waals surface area (Å²) in [5.41, 5.74) is 4.99. The molecule has 0 amide bonds. The van der Waals surface area contributed by atoms with Crippen LogP contribution >= 0.6 is 12.6 Å². The van der Waals surface area contributed by atoms with Crippen LogP contribution in [0.2, 0.25) is 0 Å². The Morgan fingerprint density at radius 3 is 2.88 bits per heavy atom. The lowest BCUT2D eigenvalue weighted by molar-refractivity contribution is 0.800. The summed E-state index contributed by atoms with van der Waals surface area (Å²) in [5.74, 6) is 0.486. The third kappa shape index (κ3) is 1.16. The van der Waals surface area contributed by atoms with Gasteiger partial charge >= 0.3 is 0 Å². The molecule has 1 heterocycles. The molecule has 1 unspecified atom stereocenters. The Kier molecular flexibility index (Phi) is 1.43. The number of thiol groups is 1. The van der Waals surface area contributed by atoms with Gasteiger partial charge in [-0.3, -0.25) is 5.32 Å². The molecule has 8 heavy (non-hydrogen) atoms. The van der Waals surface area contributed by atoms with E-state index in [1.165, 1.54) is 0 Å². The summed E-state index contributed by atoms with van der Waals surface area (Å²) in [6.07, 6.45) is 3.23. The minimum atomic E-state index is -0.292. The number of nitrogens with zero attached hydrogens (tertiary/aromatic N) is 2. The predicted octanol–water partition coefficient (Wildman–Crippen LogP) is -0.311. The van der Waals surface area contributed by atoms with Crippen LogP contribution in [0, 0.1) is 0 Å². The van der Waals surface area contributed by atoms with Gasteiger partial charge in [-0.05, 0) is 6.08 Å². The summed E-state index contributed by atoms with van der Waals surface area (Å²) >= 11 is 3.94. The summed E-state index contributed by atoms with van der Waals surface area (Å²) in [4.78, 5) is 3.79. The van der Waals surface area contributed by atoms with Crippen LogP contribution in [0.15, 0.2) is 17.3 Å². The summed E-state index contributed by atoms with van der Waals surface area (Å²) < 4.78 is 0. The fourth-order valence-electron chi connectivity index (χ4n) is 0.406. The molecule has 1 radical (unpaired) electrons. The lowest BCUT2D eigenvalue weighted by Gasteiger charge is -2.06. The summed E-state index contributed by atoms with van der Waals surface area (Å²) in [5, 5.41) is 3.80. The van der Waals surface area contributed by atoms with Gasteiger partial charge in [-0.15, -0.1) is 12.6 Å². The van der Waals surface area contributed by atoms with Gasteiger partial charge in [-0.2, -0.15) is 0 Å². The van der Waals surface area contributed by atoms with Gasteiger partial charge in [0.05, 0.1) is 0 Å². The van der Waals surface area contributed by atoms with Crippen LogP contribution in [0.4, 0.5) is 0 Å². The Balaban J connectivity index is 2.63. The third-order valence-corrected chi connectivity index (χ3v) is 0.978.